The molecule has 1 aliphatic rings. The first-order valence-electron chi connectivity index (χ1n) is 15.3. The Labute approximate surface area is 265 Å². The van der Waals surface area contributed by atoms with E-state index < -0.39 is 18.3 Å². The second-order valence-corrected chi connectivity index (χ2v) is 12.3. The van der Waals surface area contributed by atoms with E-state index >= 15 is 0 Å². The van der Waals surface area contributed by atoms with Crippen LogP contribution in [0.2, 0.25) is 0 Å². The summed E-state index contributed by atoms with van der Waals surface area (Å²) in [6, 6.07) is 45.3. The van der Waals surface area contributed by atoms with E-state index in [4.69, 9.17) is 24.3 Å². The highest BCUT2D eigenvalue weighted by Gasteiger charge is 2.52. The lowest BCUT2D eigenvalue weighted by Crippen LogP contribution is -2.41. The average Bonchev–Trinajstić information content (AvgIpc) is 3.31. The second kappa shape index (κ2) is 11.5. The summed E-state index contributed by atoms with van der Waals surface area (Å²) in [6.45, 7) is 8.34. The molecule has 0 N–H and O–H groups in total. The fraction of sp³-hybridized carbons (Fsp3) is 0.154. The molecule has 6 heteroatoms. The van der Waals surface area contributed by atoms with Crippen molar-refractivity contribution in [1.29, 1.82) is 0 Å². The van der Waals surface area contributed by atoms with Crippen molar-refractivity contribution in [3.05, 3.63) is 133 Å². The Balaban J connectivity index is 1.39. The van der Waals surface area contributed by atoms with Crippen LogP contribution in [0.5, 0.6) is 0 Å². The third-order valence-electron chi connectivity index (χ3n) is 8.84. The third kappa shape index (κ3) is 5.48. The summed E-state index contributed by atoms with van der Waals surface area (Å²) in [6.07, 6.45) is 0. The molecule has 0 spiro atoms. The molecular formula is C39H34BN3O2. The van der Waals surface area contributed by atoms with Gasteiger partial charge in [0.2, 0.25) is 0 Å². The van der Waals surface area contributed by atoms with Gasteiger partial charge in [-0.25, -0.2) is 15.0 Å². The van der Waals surface area contributed by atoms with Crippen LogP contribution in [-0.2, 0) is 9.31 Å². The van der Waals surface area contributed by atoms with E-state index in [0.29, 0.717) is 17.5 Å². The summed E-state index contributed by atoms with van der Waals surface area (Å²) < 4.78 is 13.0. The van der Waals surface area contributed by atoms with Gasteiger partial charge in [0.15, 0.2) is 17.5 Å². The molecule has 0 radical (unpaired) electrons. The molecule has 1 saturated heterocycles. The van der Waals surface area contributed by atoms with Crippen LogP contribution in [0.3, 0.4) is 0 Å². The number of hydrogen-bond donors (Lipinski definition) is 0. The van der Waals surface area contributed by atoms with E-state index in [2.05, 4.69) is 88.4 Å². The Morgan fingerprint density at radius 3 is 1.27 bits per heavy atom. The van der Waals surface area contributed by atoms with Gasteiger partial charge in [0.25, 0.3) is 0 Å². The zero-order valence-corrected chi connectivity index (χ0v) is 25.9. The molecule has 45 heavy (non-hydrogen) atoms. The van der Waals surface area contributed by atoms with Crippen LogP contribution in [0, 0.1) is 0 Å². The quantitative estimate of drug-likeness (QED) is 0.183. The number of rotatable bonds is 6. The van der Waals surface area contributed by atoms with Crippen molar-refractivity contribution in [2.24, 2.45) is 0 Å². The number of aromatic nitrogens is 3. The van der Waals surface area contributed by atoms with Gasteiger partial charge in [0, 0.05) is 16.7 Å². The summed E-state index contributed by atoms with van der Waals surface area (Å²) in [5.74, 6) is 1.88. The van der Waals surface area contributed by atoms with Gasteiger partial charge in [-0.2, -0.15) is 0 Å². The molecule has 2 heterocycles. The van der Waals surface area contributed by atoms with Crippen molar-refractivity contribution >= 4 is 12.6 Å². The molecule has 7 rings (SSSR count). The monoisotopic (exact) mass is 587 g/mol. The first kappa shape index (κ1) is 28.8. The molecule has 220 valence electrons. The number of nitrogens with zero attached hydrogens (tertiary/aromatic N) is 3. The zero-order chi connectivity index (χ0) is 31.0. The number of benzene rings is 5. The van der Waals surface area contributed by atoms with Crippen LogP contribution >= 0.6 is 0 Å². The average molecular weight is 588 g/mol. The lowest BCUT2D eigenvalue weighted by atomic mass is 9.73. The minimum atomic E-state index is -0.486. The molecule has 6 aromatic rings. The van der Waals surface area contributed by atoms with Crippen molar-refractivity contribution in [1.82, 2.24) is 15.0 Å². The van der Waals surface area contributed by atoms with E-state index in [9.17, 15) is 0 Å². The van der Waals surface area contributed by atoms with E-state index in [1.165, 1.54) is 0 Å². The highest BCUT2D eigenvalue weighted by atomic mass is 16.7. The second-order valence-electron chi connectivity index (χ2n) is 12.3. The fourth-order valence-corrected chi connectivity index (χ4v) is 5.71. The summed E-state index contributed by atoms with van der Waals surface area (Å²) in [7, 11) is -0.486. The van der Waals surface area contributed by atoms with Crippen molar-refractivity contribution in [2.75, 3.05) is 0 Å². The molecule has 0 atom stereocenters. The maximum Gasteiger partial charge on any atom is 0.495 e. The van der Waals surface area contributed by atoms with Crippen LogP contribution in [0.25, 0.3) is 56.4 Å². The smallest absolute Gasteiger partial charge is 0.399 e. The Morgan fingerprint density at radius 2 is 0.756 bits per heavy atom. The fourth-order valence-electron chi connectivity index (χ4n) is 5.71. The van der Waals surface area contributed by atoms with Gasteiger partial charge in [-0.3, -0.25) is 0 Å². The minimum absolute atomic E-state index is 0.442. The van der Waals surface area contributed by atoms with E-state index in [-0.39, 0.29) is 0 Å². The highest BCUT2D eigenvalue weighted by molar-refractivity contribution is 6.64. The van der Waals surface area contributed by atoms with Crippen LogP contribution in [0.15, 0.2) is 133 Å². The molecule has 0 bridgehead atoms. The molecule has 1 aromatic heterocycles. The molecule has 1 fully saturated rings. The maximum atomic E-state index is 6.51. The van der Waals surface area contributed by atoms with Gasteiger partial charge < -0.3 is 9.31 Å². The first-order valence-corrected chi connectivity index (χ1v) is 15.3. The van der Waals surface area contributed by atoms with E-state index in [1.807, 2.05) is 72.8 Å². The highest BCUT2D eigenvalue weighted by Crippen LogP contribution is 2.40. The van der Waals surface area contributed by atoms with Gasteiger partial charge >= 0.3 is 7.12 Å². The topological polar surface area (TPSA) is 57.1 Å². The predicted molar refractivity (Wildman–Crippen MR) is 183 cm³/mol. The largest absolute Gasteiger partial charge is 0.495 e. The third-order valence-corrected chi connectivity index (χ3v) is 8.84. The van der Waals surface area contributed by atoms with Crippen LogP contribution in [0.1, 0.15) is 27.7 Å². The first-order chi connectivity index (χ1) is 21.8. The van der Waals surface area contributed by atoms with Gasteiger partial charge in [-0.15, -0.1) is 0 Å². The molecule has 0 aliphatic carbocycles. The molecule has 5 aromatic carbocycles. The summed E-state index contributed by atoms with van der Waals surface area (Å²) >= 11 is 0. The SMILES string of the molecule is CC1(C)OB(c2ccccc2-c2ccccc2-c2ccccc2-c2nc(-c3ccccc3)nc(-c3ccccc3)n2)OC1(C)C. The summed E-state index contributed by atoms with van der Waals surface area (Å²) in [4.78, 5) is 15.0. The van der Waals surface area contributed by atoms with Crippen molar-refractivity contribution in [3.8, 4) is 56.4 Å². The molecule has 0 amide bonds. The summed E-state index contributed by atoms with van der Waals surface area (Å²) in [5.41, 5.74) is 7.16. The summed E-state index contributed by atoms with van der Waals surface area (Å²) in [5, 5.41) is 0. The Bertz CT molecular complexity index is 1900. The van der Waals surface area contributed by atoms with Crippen LogP contribution in [-0.4, -0.2) is 33.3 Å². The number of hydrogen-bond acceptors (Lipinski definition) is 5. The van der Waals surface area contributed by atoms with Crippen LogP contribution in [0.4, 0.5) is 0 Å². The standard InChI is InChI=1S/C39H34BN3O2/c1-38(2)39(3,4)45-40(44-38)34-26-16-15-24-32(34)30-22-12-11-21-29(30)31-23-13-14-25-33(31)37-42-35(27-17-7-5-8-18-27)41-36(43-37)28-19-9-6-10-20-28/h5-26H,1-4H3. The van der Waals surface area contributed by atoms with Crippen LogP contribution < -0.4 is 5.46 Å². The van der Waals surface area contributed by atoms with Gasteiger partial charge in [-0.05, 0) is 55.4 Å². The maximum absolute atomic E-state index is 6.51. The normalized spacial score (nSPS) is 15.2. The van der Waals surface area contributed by atoms with Gasteiger partial charge in [0.1, 0.15) is 0 Å². The molecule has 1 aliphatic heterocycles. The molecule has 5 nitrogen and oxygen atoms in total. The molecule has 0 saturated carbocycles. The Morgan fingerprint density at radius 1 is 0.400 bits per heavy atom. The van der Waals surface area contributed by atoms with Gasteiger partial charge in [0.05, 0.1) is 11.2 Å². The van der Waals surface area contributed by atoms with Crippen molar-refractivity contribution < 1.29 is 9.31 Å². The van der Waals surface area contributed by atoms with E-state index in [0.717, 1.165) is 44.4 Å². The van der Waals surface area contributed by atoms with Crippen molar-refractivity contribution in [3.63, 3.8) is 0 Å². The van der Waals surface area contributed by atoms with Crippen molar-refractivity contribution in [2.45, 2.75) is 38.9 Å². The molecule has 0 unspecified atom stereocenters. The lowest BCUT2D eigenvalue weighted by Gasteiger charge is -2.32. The van der Waals surface area contributed by atoms with E-state index in [1.54, 1.807) is 0 Å². The Hall–Kier alpha value is -4.91. The minimum Gasteiger partial charge on any atom is -0.399 e. The lowest BCUT2D eigenvalue weighted by molar-refractivity contribution is 0.00578. The Kier molecular flexibility index (Phi) is 7.40. The van der Waals surface area contributed by atoms with Gasteiger partial charge in [-0.1, -0.05) is 133 Å². The molecular weight excluding hydrogens is 553 g/mol. The zero-order valence-electron chi connectivity index (χ0n) is 25.9. The predicted octanol–water partition coefficient (Wildman–Crippen LogP) is 8.51.